The molecule has 1 fully saturated rings. The van der Waals surface area contributed by atoms with Crippen LogP contribution < -0.4 is 4.90 Å². The minimum Gasteiger partial charge on any atom is -0.396 e. The predicted octanol–water partition coefficient (Wildman–Crippen LogP) is 1.50. The number of rotatable bonds is 3. The Morgan fingerprint density at radius 3 is 2.76 bits per heavy atom. The van der Waals surface area contributed by atoms with Crippen molar-refractivity contribution in [1.29, 1.82) is 0 Å². The summed E-state index contributed by atoms with van der Waals surface area (Å²) >= 11 is 0. The van der Waals surface area contributed by atoms with Gasteiger partial charge in [-0.25, -0.2) is 0 Å². The molecule has 0 aliphatic carbocycles. The number of nitrogens with zero attached hydrogens (tertiary/aromatic N) is 2. The fourth-order valence-corrected chi connectivity index (χ4v) is 2.61. The van der Waals surface area contributed by atoms with E-state index in [9.17, 15) is 5.11 Å². The van der Waals surface area contributed by atoms with Gasteiger partial charge in [0, 0.05) is 38.0 Å². The van der Waals surface area contributed by atoms with Gasteiger partial charge >= 0.3 is 0 Å². The normalized spacial score (nSPS) is 21.8. The van der Waals surface area contributed by atoms with Crippen LogP contribution in [0.1, 0.15) is 12.0 Å². The average molecular weight is 234 g/mol. The van der Waals surface area contributed by atoms with Gasteiger partial charge in [-0.05, 0) is 32.0 Å². The van der Waals surface area contributed by atoms with Crippen LogP contribution in [-0.2, 0) is 0 Å². The zero-order valence-corrected chi connectivity index (χ0v) is 10.8. The maximum Gasteiger partial charge on any atom is 0.0451 e. The Balaban J connectivity index is 2.20. The third-order valence-corrected chi connectivity index (χ3v) is 3.57. The Morgan fingerprint density at radius 2 is 2.06 bits per heavy atom. The Bertz CT molecular complexity index is 367. The van der Waals surface area contributed by atoms with E-state index < -0.39 is 0 Å². The molecule has 1 aliphatic rings. The third kappa shape index (κ3) is 2.79. The van der Waals surface area contributed by atoms with E-state index in [2.05, 4.69) is 48.0 Å². The maximum atomic E-state index is 9.19. The standard InChI is InChI=1S/C14H22N2O/c1-12-5-3-4-6-14(12)16-9-8-15(2)11-13(16)7-10-17/h3-6,13,17H,7-11H2,1-2H3. The number of piperazine rings is 1. The lowest BCUT2D eigenvalue weighted by molar-refractivity contribution is 0.219. The van der Waals surface area contributed by atoms with Crippen LogP contribution in [0.25, 0.3) is 0 Å². The first-order chi connectivity index (χ1) is 8.22. The molecule has 1 unspecified atom stereocenters. The van der Waals surface area contributed by atoms with Crippen molar-refractivity contribution in [3.8, 4) is 0 Å². The molecule has 1 aliphatic heterocycles. The zero-order chi connectivity index (χ0) is 12.3. The SMILES string of the molecule is Cc1ccccc1N1CCN(C)CC1CCO. The number of benzene rings is 1. The minimum absolute atomic E-state index is 0.265. The fourth-order valence-electron chi connectivity index (χ4n) is 2.61. The molecule has 94 valence electrons. The van der Waals surface area contributed by atoms with E-state index in [0.717, 1.165) is 26.1 Å². The van der Waals surface area contributed by atoms with E-state index in [-0.39, 0.29) is 6.61 Å². The van der Waals surface area contributed by atoms with Gasteiger partial charge in [-0.3, -0.25) is 0 Å². The summed E-state index contributed by atoms with van der Waals surface area (Å²) in [4.78, 5) is 4.79. The lowest BCUT2D eigenvalue weighted by Gasteiger charge is -2.42. The molecule has 17 heavy (non-hydrogen) atoms. The largest absolute Gasteiger partial charge is 0.396 e. The Kier molecular flexibility index (Phi) is 4.02. The summed E-state index contributed by atoms with van der Waals surface area (Å²) in [6, 6.07) is 8.95. The molecule has 0 radical (unpaired) electrons. The van der Waals surface area contributed by atoms with Gasteiger partial charge in [-0.1, -0.05) is 18.2 Å². The quantitative estimate of drug-likeness (QED) is 0.858. The summed E-state index contributed by atoms with van der Waals surface area (Å²) in [7, 11) is 2.15. The second-order valence-corrected chi connectivity index (χ2v) is 4.91. The smallest absolute Gasteiger partial charge is 0.0451 e. The van der Waals surface area contributed by atoms with E-state index in [1.807, 2.05) is 0 Å². The monoisotopic (exact) mass is 234 g/mol. The van der Waals surface area contributed by atoms with Gasteiger partial charge in [-0.15, -0.1) is 0 Å². The van der Waals surface area contributed by atoms with E-state index in [1.165, 1.54) is 11.3 Å². The number of hydrogen-bond donors (Lipinski definition) is 1. The first-order valence-corrected chi connectivity index (χ1v) is 6.34. The first kappa shape index (κ1) is 12.4. The molecule has 0 spiro atoms. The number of aliphatic hydroxyl groups excluding tert-OH is 1. The van der Waals surface area contributed by atoms with Crippen LogP contribution in [0.5, 0.6) is 0 Å². The first-order valence-electron chi connectivity index (χ1n) is 6.34. The molecule has 1 aromatic carbocycles. The van der Waals surface area contributed by atoms with Crippen molar-refractivity contribution in [2.24, 2.45) is 0 Å². The molecule has 0 bridgehead atoms. The topological polar surface area (TPSA) is 26.7 Å². The Morgan fingerprint density at radius 1 is 1.29 bits per heavy atom. The van der Waals surface area contributed by atoms with Gasteiger partial charge in [0.25, 0.3) is 0 Å². The van der Waals surface area contributed by atoms with Crippen LogP contribution in [0.3, 0.4) is 0 Å². The second kappa shape index (κ2) is 5.52. The Labute approximate surface area is 104 Å². The fraction of sp³-hybridized carbons (Fsp3) is 0.571. The van der Waals surface area contributed by atoms with Gasteiger partial charge in [-0.2, -0.15) is 0 Å². The zero-order valence-electron chi connectivity index (χ0n) is 10.8. The molecule has 0 aromatic heterocycles. The molecule has 1 aromatic rings. The highest BCUT2D eigenvalue weighted by molar-refractivity contribution is 5.54. The van der Waals surface area contributed by atoms with Gasteiger partial charge in [0.2, 0.25) is 0 Å². The van der Waals surface area contributed by atoms with Crippen molar-refractivity contribution in [3.05, 3.63) is 29.8 Å². The summed E-state index contributed by atoms with van der Waals surface area (Å²) in [6.45, 7) is 5.60. The summed E-state index contributed by atoms with van der Waals surface area (Å²) in [6.07, 6.45) is 0.846. The summed E-state index contributed by atoms with van der Waals surface area (Å²) < 4.78 is 0. The maximum absolute atomic E-state index is 9.19. The van der Waals surface area contributed by atoms with Crippen molar-refractivity contribution in [3.63, 3.8) is 0 Å². The van der Waals surface area contributed by atoms with Crippen LogP contribution >= 0.6 is 0 Å². The van der Waals surface area contributed by atoms with Crippen molar-refractivity contribution < 1.29 is 5.11 Å². The lowest BCUT2D eigenvalue weighted by atomic mass is 10.1. The van der Waals surface area contributed by atoms with Crippen molar-refractivity contribution in [2.45, 2.75) is 19.4 Å². The predicted molar refractivity (Wildman–Crippen MR) is 71.5 cm³/mol. The van der Waals surface area contributed by atoms with Gasteiger partial charge in [0.1, 0.15) is 0 Å². The molecule has 0 amide bonds. The molecule has 1 N–H and O–H groups in total. The van der Waals surface area contributed by atoms with Crippen LogP contribution in [-0.4, -0.2) is 49.3 Å². The molecular weight excluding hydrogens is 212 g/mol. The molecule has 1 atom stereocenters. The van der Waals surface area contributed by atoms with E-state index in [0.29, 0.717) is 6.04 Å². The summed E-state index contributed by atoms with van der Waals surface area (Å²) in [5.74, 6) is 0. The minimum atomic E-state index is 0.265. The number of para-hydroxylation sites is 1. The van der Waals surface area contributed by atoms with Crippen molar-refractivity contribution >= 4 is 5.69 Å². The summed E-state index contributed by atoms with van der Waals surface area (Å²) in [5.41, 5.74) is 2.64. The molecule has 2 rings (SSSR count). The number of hydrogen-bond acceptors (Lipinski definition) is 3. The van der Waals surface area contributed by atoms with Crippen LogP contribution in [0, 0.1) is 6.92 Å². The molecule has 0 saturated carbocycles. The molecule has 1 heterocycles. The van der Waals surface area contributed by atoms with Gasteiger partial charge < -0.3 is 14.9 Å². The highest BCUT2D eigenvalue weighted by atomic mass is 16.3. The highest BCUT2D eigenvalue weighted by Gasteiger charge is 2.25. The molecule has 1 saturated heterocycles. The van der Waals surface area contributed by atoms with Crippen molar-refractivity contribution in [1.82, 2.24) is 4.90 Å². The van der Waals surface area contributed by atoms with Gasteiger partial charge in [0.05, 0.1) is 0 Å². The summed E-state index contributed by atoms with van der Waals surface area (Å²) in [5, 5.41) is 9.19. The molecule has 3 nitrogen and oxygen atoms in total. The lowest BCUT2D eigenvalue weighted by Crippen LogP contribution is -2.52. The second-order valence-electron chi connectivity index (χ2n) is 4.91. The van der Waals surface area contributed by atoms with Crippen LogP contribution in [0.2, 0.25) is 0 Å². The number of aliphatic hydroxyl groups is 1. The average Bonchev–Trinajstić information content (AvgIpc) is 2.31. The highest BCUT2D eigenvalue weighted by Crippen LogP contribution is 2.25. The Hall–Kier alpha value is -1.06. The number of anilines is 1. The number of likely N-dealkylation sites (N-methyl/N-ethyl adjacent to an activating group) is 1. The van der Waals surface area contributed by atoms with Crippen LogP contribution in [0.15, 0.2) is 24.3 Å². The van der Waals surface area contributed by atoms with Gasteiger partial charge in [0.15, 0.2) is 0 Å². The molecular formula is C14H22N2O. The van der Waals surface area contributed by atoms with E-state index in [4.69, 9.17) is 0 Å². The van der Waals surface area contributed by atoms with Crippen molar-refractivity contribution in [2.75, 3.05) is 38.2 Å². The van der Waals surface area contributed by atoms with E-state index >= 15 is 0 Å². The number of aryl methyl sites for hydroxylation is 1. The van der Waals surface area contributed by atoms with E-state index in [1.54, 1.807) is 0 Å². The van der Waals surface area contributed by atoms with Crippen LogP contribution in [0.4, 0.5) is 5.69 Å². The third-order valence-electron chi connectivity index (χ3n) is 3.57. The molecule has 3 heteroatoms.